The molecule has 0 radical (unpaired) electrons. The van der Waals surface area contributed by atoms with Gasteiger partial charge in [-0.2, -0.15) is 0 Å². The van der Waals surface area contributed by atoms with Crippen molar-refractivity contribution in [2.24, 2.45) is 0 Å². The number of carbonyl (C=O) groups is 1. The lowest BCUT2D eigenvalue weighted by atomic mass is 10.1. The van der Waals surface area contributed by atoms with E-state index in [1.54, 1.807) is 25.4 Å². The molecule has 1 atom stereocenters. The Bertz CT molecular complexity index is 1210. The summed E-state index contributed by atoms with van der Waals surface area (Å²) in [5, 5.41) is 13.9. The van der Waals surface area contributed by atoms with Crippen LogP contribution in [0.15, 0.2) is 65.4 Å². The molecule has 152 valence electrons. The van der Waals surface area contributed by atoms with Crippen molar-refractivity contribution in [2.75, 3.05) is 0 Å². The predicted molar refractivity (Wildman–Crippen MR) is 120 cm³/mol. The lowest BCUT2D eigenvalue weighted by Crippen LogP contribution is -2.19. The van der Waals surface area contributed by atoms with E-state index in [0.29, 0.717) is 16.4 Å². The zero-order chi connectivity index (χ0) is 21.1. The van der Waals surface area contributed by atoms with Gasteiger partial charge in [0.2, 0.25) is 5.91 Å². The third-order valence-electron chi connectivity index (χ3n) is 4.49. The molecule has 7 heteroatoms. The molecule has 0 saturated carbocycles. The Balaban J connectivity index is 1.48. The Morgan fingerprint density at radius 3 is 2.93 bits per heavy atom. The van der Waals surface area contributed by atoms with Crippen molar-refractivity contribution < 1.29 is 14.3 Å². The minimum absolute atomic E-state index is 0.227. The van der Waals surface area contributed by atoms with Gasteiger partial charge in [0.1, 0.15) is 5.76 Å². The SMILES string of the molecule is CC(O)c1ccc(-c2cc(Cl)c3oc(CNC(=O)/C=C/c4cccnc4)cc3c2)s1. The van der Waals surface area contributed by atoms with Crippen LogP contribution < -0.4 is 5.32 Å². The predicted octanol–water partition coefficient (Wildman–Crippen LogP) is 5.59. The van der Waals surface area contributed by atoms with Gasteiger partial charge in [0.25, 0.3) is 0 Å². The van der Waals surface area contributed by atoms with Crippen LogP contribution in [0, 0.1) is 0 Å². The lowest BCUT2D eigenvalue weighted by molar-refractivity contribution is -0.116. The molecule has 0 fully saturated rings. The third kappa shape index (κ3) is 4.62. The van der Waals surface area contributed by atoms with Gasteiger partial charge in [-0.1, -0.05) is 17.7 Å². The maximum atomic E-state index is 12.1. The van der Waals surface area contributed by atoms with E-state index in [1.165, 1.54) is 17.4 Å². The number of aliphatic hydroxyl groups excluding tert-OH is 1. The number of nitrogens with one attached hydrogen (secondary N) is 1. The van der Waals surface area contributed by atoms with Crippen LogP contribution in [0.4, 0.5) is 0 Å². The van der Waals surface area contributed by atoms with Crippen LogP contribution in [-0.4, -0.2) is 16.0 Å². The van der Waals surface area contributed by atoms with Crippen molar-refractivity contribution in [3.8, 4) is 10.4 Å². The van der Waals surface area contributed by atoms with Crippen molar-refractivity contribution in [1.29, 1.82) is 0 Å². The van der Waals surface area contributed by atoms with E-state index in [0.717, 1.165) is 26.3 Å². The number of halogens is 1. The molecule has 4 aromatic rings. The summed E-state index contributed by atoms with van der Waals surface area (Å²) in [6.07, 6.45) is 6.02. The average Bonchev–Trinajstić information content (AvgIpc) is 3.39. The number of thiophene rings is 1. The van der Waals surface area contributed by atoms with E-state index in [4.69, 9.17) is 16.0 Å². The Morgan fingerprint density at radius 1 is 1.33 bits per heavy atom. The number of hydrogen-bond acceptors (Lipinski definition) is 5. The summed E-state index contributed by atoms with van der Waals surface area (Å²) in [6.45, 7) is 2.00. The molecule has 0 saturated heterocycles. The summed E-state index contributed by atoms with van der Waals surface area (Å²) in [6, 6.07) is 13.3. The molecule has 0 spiro atoms. The second kappa shape index (κ2) is 8.83. The number of furan rings is 1. The van der Waals surface area contributed by atoms with Crippen LogP contribution in [-0.2, 0) is 11.3 Å². The molecule has 0 aliphatic rings. The number of pyridine rings is 1. The number of aliphatic hydroxyl groups is 1. The number of benzene rings is 1. The van der Waals surface area contributed by atoms with Crippen molar-refractivity contribution >= 4 is 45.9 Å². The highest BCUT2D eigenvalue weighted by Crippen LogP contribution is 2.37. The molecule has 30 heavy (non-hydrogen) atoms. The van der Waals surface area contributed by atoms with Crippen LogP contribution in [0.3, 0.4) is 0 Å². The Hall–Kier alpha value is -2.93. The van der Waals surface area contributed by atoms with Gasteiger partial charge in [0.15, 0.2) is 5.58 Å². The van der Waals surface area contributed by atoms with E-state index in [9.17, 15) is 9.90 Å². The molecule has 2 N–H and O–H groups in total. The van der Waals surface area contributed by atoms with Crippen LogP contribution >= 0.6 is 22.9 Å². The second-order valence-electron chi connectivity index (χ2n) is 6.80. The van der Waals surface area contributed by atoms with Crippen molar-refractivity contribution in [1.82, 2.24) is 10.3 Å². The quantitative estimate of drug-likeness (QED) is 0.384. The van der Waals surface area contributed by atoms with Gasteiger partial charge < -0.3 is 14.8 Å². The zero-order valence-electron chi connectivity index (χ0n) is 16.1. The van der Waals surface area contributed by atoms with Crippen LogP contribution in [0.1, 0.15) is 29.2 Å². The summed E-state index contributed by atoms with van der Waals surface area (Å²) in [5.41, 5.74) is 2.39. The Kier molecular flexibility index (Phi) is 5.99. The second-order valence-corrected chi connectivity index (χ2v) is 8.33. The van der Waals surface area contributed by atoms with Gasteiger partial charge in [0.05, 0.1) is 17.7 Å². The van der Waals surface area contributed by atoms with Crippen molar-refractivity contribution in [3.05, 3.63) is 82.2 Å². The minimum atomic E-state index is -0.501. The van der Waals surface area contributed by atoms with Crippen LogP contribution in [0.25, 0.3) is 27.5 Å². The number of carbonyl (C=O) groups excluding carboxylic acids is 1. The summed E-state index contributed by atoms with van der Waals surface area (Å²) < 4.78 is 5.83. The molecular weight excluding hydrogens is 420 g/mol. The monoisotopic (exact) mass is 438 g/mol. The van der Waals surface area contributed by atoms with Gasteiger partial charge in [-0.25, -0.2) is 0 Å². The number of fused-ring (bicyclic) bond motifs is 1. The molecule has 0 bridgehead atoms. The third-order valence-corrected chi connectivity index (χ3v) is 6.08. The highest BCUT2D eigenvalue weighted by atomic mass is 35.5. The fourth-order valence-electron chi connectivity index (χ4n) is 3.01. The minimum Gasteiger partial charge on any atom is -0.458 e. The summed E-state index contributed by atoms with van der Waals surface area (Å²) in [5.74, 6) is 0.387. The number of amides is 1. The summed E-state index contributed by atoms with van der Waals surface area (Å²) in [7, 11) is 0. The first-order valence-corrected chi connectivity index (χ1v) is 10.5. The topological polar surface area (TPSA) is 75.4 Å². The molecule has 1 amide bonds. The molecule has 4 rings (SSSR count). The van der Waals surface area contributed by atoms with E-state index < -0.39 is 6.10 Å². The maximum Gasteiger partial charge on any atom is 0.244 e. The Morgan fingerprint density at radius 2 is 2.20 bits per heavy atom. The fraction of sp³-hybridized carbons (Fsp3) is 0.130. The van der Waals surface area contributed by atoms with Crippen LogP contribution in [0.5, 0.6) is 0 Å². The molecule has 1 unspecified atom stereocenters. The average molecular weight is 439 g/mol. The molecule has 3 heterocycles. The Labute approximate surface area is 182 Å². The first kappa shape index (κ1) is 20.3. The fourth-order valence-corrected chi connectivity index (χ4v) is 4.20. The summed E-state index contributed by atoms with van der Waals surface area (Å²) in [4.78, 5) is 18.0. The number of rotatable bonds is 6. The van der Waals surface area contributed by atoms with E-state index in [1.807, 2.05) is 42.5 Å². The zero-order valence-corrected chi connectivity index (χ0v) is 17.7. The van der Waals surface area contributed by atoms with Gasteiger partial charge in [-0.3, -0.25) is 9.78 Å². The molecule has 0 aliphatic heterocycles. The highest BCUT2D eigenvalue weighted by Gasteiger charge is 2.13. The van der Waals surface area contributed by atoms with Crippen LogP contribution in [0.2, 0.25) is 5.02 Å². The first-order chi connectivity index (χ1) is 14.5. The molecule has 0 aliphatic carbocycles. The smallest absolute Gasteiger partial charge is 0.244 e. The molecule has 1 aromatic carbocycles. The molecular formula is C23H19ClN2O3S. The lowest BCUT2D eigenvalue weighted by Gasteiger charge is -2.01. The largest absolute Gasteiger partial charge is 0.458 e. The van der Waals surface area contributed by atoms with E-state index in [-0.39, 0.29) is 12.5 Å². The number of aromatic nitrogens is 1. The number of nitrogens with zero attached hydrogens (tertiary/aromatic N) is 1. The van der Waals surface area contributed by atoms with Gasteiger partial charge in [0, 0.05) is 33.6 Å². The van der Waals surface area contributed by atoms with Gasteiger partial charge >= 0.3 is 0 Å². The maximum absolute atomic E-state index is 12.1. The first-order valence-electron chi connectivity index (χ1n) is 9.35. The van der Waals surface area contributed by atoms with E-state index >= 15 is 0 Å². The normalized spacial score (nSPS) is 12.5. The van der Waals surface area contributed by atoms with Crippen molar-refractivity contribution in [3.63, 3.8) is 0 Å². The van der Waals surface area contributed by atoms with Gasteiger partial charge in [-0.15, -0.1) is 11.3 Å². The van der Waals surface area contributed by atoms with Gasteiger partial charge in [-0.05, 0) is 60.5 Å². The highest BCUT2D eigenvalue weighted by molar-refractivity contribution is 7.15. The molecule has 5 nitrogen and oxygen atoms in total. The molecule has 3 aromatic heterocycles. The number of hydrogen-bond donors (Lipinski definition) is 2. The van der Waals surface area contributed by atoms with E-state index in [2.05, 4.69) is 10.3 Å². The van der Waals surface area contributed by atoms with Crippen molar-refractivity contribution in [2.45, 2.75) is 19.6 Å². The summed E-state index contributed by atoms with van der Waals surface area (Å²) >= 11 is 7.96. The standard InChI is InChI=1S/C23H19ClN2O3S/c1-14(27)20-5-6-21(30-20)16-9-17-10-18(29-23(17)19(24)11-16)13-26-22(28)7-4-15-3-2-8-25-12-15/h2-12,14,27H,13H2,1H3,(H,26,28)/b7-4+.